The van der Waals surface area contributed by atoms with Crippen molar-refractivity contribution in [1.82, 2.24) is 5.32 Å². The Balaban J connectivity index is 0.00000450. The van der Waals surface area contributed by atoms with Gasteiger partial charge >= 0.3 is 29.6 Å². The number of rotatable bonds is 11. The van der Waals surface area contributed by atoms with Crippen molar-refractivity contribution in [3.8, 4) is 11.5 Å². The van der Waals surface area contributed by atoms with Crippen LogP contribution in [-0.4, -0.2) is 31.6 Å². The molecule has 0 aromatic heterocycles. The maximum absolute atomic E-state index is 12.2. The van der Waals surface area contributed by atoms with E-state index in [9.17, 15) is 14.7 Å². The third-order valence-electron chi connectivity index (χ3n) is 5.26. The molecule has 1 aliphatic carbocycles. The fourth-order valence-corrected chi connectivity index (χ4v) is 3.46. The van der Waals surface area contributed by atoms with E-state index < -0.39 is 5.97 Å². The molecule has 1 aromatic rings. The van der Waals surface area contributed by atoms with Crippen LogP contribution >= 0.6 is 0 Å². The predicted octanol–water partition coefficient (Wildman–Crippen LogP) is 0.0964. The van der Waals surface area contributed by atoms with Gasteiger partial charge in [0.1, 0.15) is 0 Å². The summed E-state index contributed by atoms with van der Waals surface area (Å²) in [6, 6.07) is 5.80. The van der Waals surface area contributed by atoms with Gasteiger partial charge in [0.05, 0.1) is 13.7 Å². The maximum atomic E-state index is 12.2. The number of unbranched alkanes of at least 4 members (excludes halogenated alkanes) is 2. The number of benzene rings is 1. The molecule has 1 amide bonds. The van der Waals surface area contributed by atoms with Gasteiger partial charge in [-0.15, -0.1) is 0 Å². The van der Waals surface area contributed by atoms with Crippen LogP contribution in [0.4, 0.5) is 0 Å². The number of hydrogen-bond acceptors (Lipinski definition) is 5. The molecule has 30 heavy (non-hydrogen) atoms. The smallest absolute Gasteiger partial charge is 0.550 e. The molecule has 0 heterocycles. The number of nitrogens with one attached hydrogen (secondary N) is 1. The van der Waals surface area contributed by atoms with Gasteiger partial charge in [0.15, 0.2) is 11.5 Å². The molecule has 1 N–H and O–H groups in total. The van der Waals surface area contributed by atoms with E-state index in [2.05, 4.69) is 12.2 Å². The Morgan fingerprint density at radius 2 is 1.87 bits per heavy atom. The van der Waals surface area contributed by atoms with Crippen LogP contribution < -0.4 is 49.5 Å². The van der Waals surface area contributed by atoms with Crippen LogP contribution in [0.3, 0.4) is 0 Å². The van der Waals surface area contributed by atoms with Gasteiger partial charge in [-0.25, -0.2) is 0 Å². The molecule has 0 unspecified atom stereocenters. The average Bonchev–Trinajstić information content (AvgIpc) is 2.71. The van der Waals surface area contributed by atoms with Gasteiger partial charge in [0.2, 0.25) is 5.91 Å². The van der Waals surface area contributed by atoms with Crippen molar-refractivity contribution in [2.75, 3.05) is 13.7 Å². The van der Waals surface area contributed by atoms with Crippen LogP contribution in [0.15, 0.2) is 24.3 Å². The summed E-state index contributed by atoms with van der Waals surface area (Å²) in [6.45, 7) is 2.75. The van der Waals surface area contributed by atoms with E-state index in [1.165, 1.54) is 12.8 Å². The first-order valence-corrected chi connectivity index (χ1v) is 10.5. The molecule has 0 saturated heterocycles. The summed E-state index contributed by atoms with van der Waals surface area (Å²) < 4.78 is 11.1. The van der Waals surface area contributed by atoms with Crippen molar-refractivity contribution >= 4 is 18.0 Å². The zero-order valence-corrected chi connectivity index (χ0v) is 20.4. The molecule has 1 aliphatic rings. The van der Waals surface area contributed by atoms with E-state index in [-0.39, 0.29) is 47.9 Å². The van der Waals surface area contributed by atoms with E-state index in [0.717, 1.165) is 37.2 Å². The van der Waals surface area contributed by atoms with Crippen molar-refractivity contribution in [3.63, 3.8) is 0 Å². The van der Waals surface area contributed by atoms with Crippen molar-refractivity contribution < 1.29 is 53.7 Å². The SMILES string of the molecule is COc1cc(C=CC(=O)N[C@H]2CC[C@H](C)CC2)ccc1OCCCCCC(=O)[O-].[Na+]. The molecular formula is C23H32NNaO5. The van der Waals surface area contributed by atoms with Crippen molar-refractivity contribution in [2.45, 2.75) is 64.3 Å². The van der Waals surface area contributed by atoms with Crippen LogP contribution in [0, 0.1) is 5.92 Å². The Labute approximate surface area is 201 Å². The zero-order valence-electron chi connectivity index (χ0n) is 18.4. The topological polar surface area (TPSA) is 87.7 Å². The van der Waals surface area contributed by atoms with Crippen LogP contribution in [0.2, 0.25) is 0 Å². The third-order valence-corrected chi connectivity index (χ3v) is 5.26. The molecule has 1 aromatic carbocycles. The van der Waals surface area contributed by atoms with Gasteiger partial charge in [0.25, 0.3) is 0 Å². The van der Waals surface area contributed by atoms with Gasteiger partial charge in [-0.05, 0) is 81.1 Å². The summed E-state index contributed by atoms with van der Waals surface area (Å²) >= 11 is 0. The minimum absolute atomic E-state index is 0. The average molecular weight is 426 g/mol. The second kappa shape index (κ2) is 14.5. The van der Waals surface area contributed by atoms with Gasteiger partial charge in [-0.2, -0.15) is 0 Å². The van der Waals surface area contributed by atoms with Gasteiger partial charge < -0.3 is 24.7 Å². The summed E-state index contributed by atoms with van der Waals surface area (Å²) in [5, 5.41) is 13.5. The number of carboxylic acids is 1. The molecule has 1 saturated carbocycles. The number of methoxy groups -OCH3 is 1. The Morgan fingerprint density at radius 1 is 1.13 bits per heavy atom. The molecule has 160 valence electrons. The van der Waals surface area contributed by atoms with Crippen LogP contribution in [-0.2, 0) is 9.59 Å². The van der Waals surface area contributed by atoms with E-state index in [1.807, 2.05) is 18.2 Å². The van der Waals surface area contributed by atoms with Crippen molar-refractivity contribution in [1.29, 1.82) is 0 Å². The Hall–Kier alpha value is -1.50. The Kier molecular flexibility index (Phi) is 12.8. The first kappa shape index (κ1) is 26.5. The molecular weight excluding hydrogens is 393 g/mol. The van der Waals surface area contributed by atoms with Gasteiger partial charge in [0, 0.05) is 18.1 Å². The van der Waals surface area contributed by atoms with E-state index in [0.29, 0.717) is 24.5 Å². The molecule has 7 heteroatoms. The van der Waals surface area contributed by atoms with E-state index in [4.69, 9.17) is 9.47 Å². The summed E-state index contributed by atoms with van der Waals surface area (Å²) in [5.41, 5.74) is 0.857. The largest absolute Gasteiger partial charge is 1.00 e. The second-order valence-corrected chi connectivity index (χ2v) is 7.74. The summed E-state index contributed by atoms with van der Waals surface area (Å²) in [7, 11) is 1.58. The number of ether oxygens (including phenoxy) is 2. The second-order valence-electron chi connectivity index (χ2n) is 7.74. The maximum Gasteiger partial charge on any atom is 1.00 e. The minimum Gasteiger partial charge on any atom is -0.550 e. The quantitative estimate of drug-likeness (QED) is 0.309. The Morgan fingerprint density at radius 3 is 2.53 bits per heavy atom. The molecule has 1 fully saturated rings. The first-order chi connectivity index (χ1) is 14.0. The molecule has 6 nitrogen and oxygen atoms in total. The number of amides is 1. The van der Waals surface area contributed by atoms with E-state index >= 15 is 0 Å². The molecule has 2 rings (SSSR count). The number of carbonyl (C=O) groups excluding carboxylic acids is 2. The summed E-state index contributed by atoms with van der Waals surface area (Å²) in [5.74, 6) is 0.904. The summed E-state index contributed by atoms with van der Waals surface area (Å²) in [6.07, 6.45) is 9.98. The number of hydrogen-bond donors (Lipinski definition) is 1. The number of carboxylic acid groups (broad SMARTS) is 1. The monoisotopic (exact) mass is 425 g/mol. The Bertz CT molecular complexity index is 699. The molecule has 0 spiro atoms. The molecule has 0 radical (unpaired) electrons. The van der Waals surface area contributed by atoms with Crippen LogP contribution in [0.1, 0.15) is 63.9 Å². The van der Waals surface area contributed by atoms with Crippen molar-refractivity contribution in [3.05, 3.63) is 29.8 Å². The van der Waals surface area contributed by atoms with Gasteiger partial charge in [-0.3, -0.25) is 4.79 Å². The number of carbonyl (C=O) groups is 2. The first-order valence-electron chi connectivity index (χ1n) is 10.5. The zero-order chi connectivity index (χ0) is 21.1. The molecule has 0 aliphatic heterocycles. The van der Waals surface area contributed by atoms with E-state index in [1.54, 1.807) is 19.3 Å². The van der Waals surface area contributed by atoms with Crippen LogP contribution in [0.5, 0.6) is 11.5 Å². The third kappa shape index (κ3) is 10.0. The normalized spacial score (nSPS) is 18.5. The van der Waals surface area contributed by atoms with Crippen molar-refractivity contribution in [2.24, 2.45) is 5.92 Å². The minimum atomic E-state index is -1.02. The van der Waals surface area contributed by atoms with Crippen LogP contribution in [0.25, 0.3) is 6.08 Å². The fraction of sp³-hybridized carbons (Fsp3) is 0.565. The molecule has 0 bridgehead atoms. The number of aliphatic carboxylic acids is 1. The fourth-order valence-electron chi connectivity index (χ4n) is 3.46. The van der Waals surface area contributed by atoms with Gasteiger partial charge in [-0.1, -0.05) is 13.0 Å². The molecule has 0 atom stereocenters. The predicted molar refractivity (Wildman–Crippen MR) is 111 cm³/mol. The summed E-state index contributed by atoms with van der Waals surface area (Å²) in [4.78, 5) is 22.5. The standard InChI is InChI=1S/C23H33NO5.Na/c1-17-7-11-19(12-8-17)24-22(25)14-10-18-9-13-20(21(16-18)28-2)29-15-5-3-4-6-23(26)27;/h9-10,13-14,16-17,19H,3-8,11-12,15H2,1-2H3,(H,24,25)(H,26,27);/q;+1/p-1/t17-,19-;.